The lowest BCUT2D eigenvalue weighted by atomic mass is 10.00. The Hall–Kier alpha value is -1.63. The first kappa shape index (κ1) is 21.4. The summed E-state index contributed by atoms with van der Waals surface area (Å²) in [6.07, 6.45) is -0.826. The first-order chi connectivity index (χ1) is 10.3. The maximum absolute atomic E-state index is 12.0. The zero-order valence-corrected chi connectivity index (χ0v) is 14.1. The van der Waals surface area contributed by atoms with E-state index in [4.69, 9.17) is 10.8 Å². The van der Waals surface area contributed by atoms with Gasteiger partial charge in [-0.25, -0.2) is 4.79 Å². The number of carboxylic acid groups (broad SMARTS) is 1. The molecule has 6 nitrogen and oxygen atoms in total. The first-order valence-electron chi connectivity index (χ1n) is 7.32. The Bertz CT molecular complexity index is 496. The molecule has 0 aliphatic heterocycles. The summed E-state index contributed by atoms with van der Waals surface area (Å²) in [6.45, 7) is 3.72. The van der Waals surface area contributed by atoms with Gasteiger partial charge >= 0.3 is 5.97 Å². The second-order valence-electron chi connectivity index (χ2n) is 5.83. The summed E-state index contributed by atoms with van der Waals surface area (Å²) in [4.78, 5) is 23.1. The lowest BCUT2D eigenvalue weighted by Crippen LogP contribution is -2.52. The average Bonchev–Trinajstić information content (AvgIpc) is 2.46. The number of amides is 1. The fourth-order valence-electron chi connectivity index (χ4n) is 2.14. The van der Waals surface area contributed by atoms with Crippen LogP contribution in [0, 0.1) is 5.92 Å². The van der Waals surface area contributed by atoms with Crippen molar-refractivity contribution < 1.29 is 19.8 Å². The number of aliphatic carboxylic acids is 1. The number of carbonyl (C=O) groups is 2. The molecule has 23 heavy (non-hydrogen) atoms. The van der Waals surface area contributed by atoms with Crippen LogP contribution in [0.1, 0.15) is 25.8 Å². The van der Waals surface area contributed by atoms with E-state index >= 15 is 0 Å². The van der Waals surface area contributed by atoms with Crippen molar-refractivity contribution in [1.82, 2.24) is 5.32 Å². The Morgan fingerprint density at radius 3 is 2.26 bits per heavy atom. The number of carbonyl (C=O) groups excluding carboxylic acids is 1. The van der Waals surface area contributed by atoms with Crippen molar-refractivity contribution in [1.29, 1.82) is 0 Å². The van der Waals surface area contributed by atoms with Crippen LogP contribution in [-0.2, 0) is 16.0 Å². The number of aliphatic hydroxyl groups excluding tert-OH is 1. The van der Waals surface area contributed by atoms with E-state index in [1.165, 1.54) is 0 Å². The van der Waals surface area contributed by atoms with Crippen molar-refractivity contribution in [3.63, 3.8) is 0 Å². The number of benzene rings is 1. The predicted molar refractivity (Wildman–Crippen MR) is 90.4 cm³/mol. The van der Waals surface area contributed by atoms with E-state index in [1.54, 1.807) is 0 Å². The maximum atomic E-state index is 12.0. The third-order valence-corrected chi connectivity index (χ3v) is 3.31. The standard InChI is InChI=1S/C16H24N2O4.ClH/c1-10(2)8-13(16(21)22)18-15(20)14(19)12(17)9-11-6-4-3-5-7-11;/h3-7,10,12-14,19H,8-9,17H2,1-2H3,(H,18,20)(H,21,22);1H/t12?,13-,14?;/m1./s1. The van der Waals surface area contributed by atoms with Gasteiger partial charge in [0.25, 0.3) is 5.91 Å². The van der Waals surface area contributed by atoms with E-state index < -0.39 is 30.1 Å². The maximum Gasteiger partial charge on any atom is 0.326 e. The van der Waals surface area contributed by atoms with Gasteiger partial charge in [-0.3, -0.25) is 4.79 Å². The Balaban J connectivity index is 0.00000484. The molecule has 7 heteroatoms. The number of carboxylic acids is 1. The molecule has 130 valence electrons. The molecule has 3 atom stereocenters. The van der Waals surface area contributed by atoms with Gasteiger partial charge in [-0.1, -0.05) is 44.2 Å². The molecule has 1 aromatic rings. The lowest BCUT2D eigenvalue weighted by molar-refractivity contribution is -0.144. The van der Waals surface area contributed by atoms with Gasteiger partial charge in [0.2, 0.25) is 0 Å². The molecule has 5 N–H and O–H groups in total. The topological polar surface area (TPSA) is 113 Å². The molecular formula is C16H25ClN2O4. The fourth-order valence-corrected chi connectivity index (χ4v) is 2.14. The van der Waals surface area contributed by atoms with Gasteiger partial charge < -0.3 is 21.3 Å². The first-order valence-corrected chi connectivity index (χ1v) is 7.32. The van der Waals surface area contributed by atoms with Crippen LogP contribution >= 0.6 is 12.4 Å². The number of aliphatic hydroxyl groups is 1. The Morgan fingerprint density at radius 1 is 1.22 bits per heavy atom. The van der Waals surface area contributed by atoms with Gasteiger partial charge in [0.15, 0.2) is 0 Å². The Morgan fingerprint density at radius 2 is 1.78 bits per heavy atom. The largest absolute Gasteiger partial charge is 0.480 e. The van der Waals surface area contributed by atoms with Gasteiger partial charge in [0.05, 0.1) is 0 Å². The molecule has 0 bridgehead atoms. The fraction of sp³-hybridized carbons (Fsp3) is 0.500. The van der Waals surface area contributed by atoms with Crippen molar-refractivity contribution in [2.24, 2.45) is 11.7 Å². The van der Waals surface area contributed by atoms with E-state index in [9.17, 15) is 14.7 Å². The minimum atomic E-state index is -1.45. The third kappa shape index (κ3) is 7.45. The molecule has 0 saturated heterocycles. The number of hydrogen-bond donors (Lipinski definition) is 4. The molecule has 0 aliphatic rings. The van der Waals surface area contributed by atoms with Gasteiger partial charge in [-0.05, 0) is 24.3 Å². The van der Waals surface area contributed by atoms with E-state index in [0.717, 1.165) is 5.56 Å². The highest BCUT2D eigenvalue weighted by Gasteiger charge is 2.28. The molecule has 1 rings (SSSR count). The van der Waals surface area contributed by atoms with Crippen molar-refractivity contribution in [3.8, 4) is 0 Å². The summed E-state index contributed by atoms with van der Waals surface area (Å²) >= 11 is 0. The van der Waals surface area contributed by atoms with Crippen LogP contribution in [0.2, 0.25) is 0 Å². The Labute approximate surface area is 142 Å². The summed E-state index contributed by atoms with van der Waals surface area (Å²) < 4.78 is 0. The lowest BCUT2D eigenvalue weighted by Gasteiger charge is -2.22. The van der Waals surface area contributed by atoms with Crippen LogP contribution < -0.4 is 11.1 Å². The number of halogens is 1. The molecule has 0 saturated carbocycles. The molecule has 0 aromatic heterocycles. The number of nitrogens with two attached hydrogens (primary N) is 1. The summed E-state index contributed by atoms with van der Waals surface area (Å²) in [6, 6.07) is 7.44. The molecule has 0 aliphatic carbocycles. The summed E-state index contributed by atoms with van der Waals surface area (Å²) in [5.74, 6) is -1.76. The van der Waals surface area contributed by atoms with Crippen LogP contribution in [-0.4, -0.2) is 40.3 Å². The average molecular weight is 345 g/mol. The van der Waals surface area contributed by atoms with Gasteiger partial charge in [0.1, 0.15) is 12.1 Å². The van der Waals surface area contributed by atoms with Crippen LogP contribution in [0.3, 0.4) is 0 Å². The normalized spacial score (nSPS) is 14.5. The second-order valence-corrected chi connectivity index (χ2v) is 5.83. The molecule has 0 spiro atoms. The van der Waals surface area contributed by atoms with E-state index in [-0.39, 0.29) is 18.3 Å². The van der Waals surface area contributed by atoms with Crippen molar-refractivity contribution in [2.45, 2.75) is 44.9 Å². The van der Waals surface area contributed by atoms with E-state index in [2.05, 4.69) is 5.32 Å². The summed E-state index contributed by atoms with van der Waals surface area (Å²) in [5, 5.41) is 21.4. The molecule has 0 fully saturated rings. The SMILES string of the molecule is CC(C)C[C@@H](NC(=O)C(O)C(N)Cc1ccccc1)C(=O)O.Cl. The zero-order chi connectivity index (χ0) is 16.7. The number of hydrogen-bond acceptors (Lipinski definition) is 4. The van der Waals surface area contributed by atoms with Gasteiger partial charge in [-0.15, -0.1) is 12.4 Å². The summed E-state index contributed by atoms with van der Waals surface area (Å²) in [5.41, 5.74) is 6.75. The second kappa shape index (κ2) is 10.2. The van der Waals surface area contributed by atoms with Crippen molar-refractivity contribution in [3.05, 3.63) is 35.9 Å². The highest BCUT2D eigenvalue weighted by molar-refractivity contribution is 5.86. The highest BCUT2D eigenvalue weighted by Crippen LogP contribution is 2.08. The van der Waals surface area contributed by atoms with Crippen molar-refractivity contribution >= 4 is 24.3 Å². The molecular weight excluding hydrogens is 320 g/mol. The van der Waals surface area contributed by atoms with E-state index in [0.29, 0.717) is 12.8 Å². The zero-order valence-electron chi connectivity index (χ0n) is 13.3. The highest BCUT2D eigenvalue weighted by atomic mass is 35.5. The van der Waals surface area contributed by atoms with E-state index in [1.807, 2.05) is 44.2 Å². The predicted octanol–water partition coefficient (Wildman–Crippen LogP) is 0.955. The molecule has 1 amide bonds. The molecule has 0 heterocycles. The van der Waals surface area contributed by atoms with Crippen molar-refractivity contribution in [2.75, 3.05) is 0 Å². The molecule has 1 aromatic carbocycles. The monoisotopic (exact) mass is 344 g/mol. The van der Waals surface area contributed by atoms with Crippen LogP contribution in [0.4, 0.5) is 0 Å². The smallest absolute Gasteiger partial charge is 0.326 e. The van der Waals surface area contributed by atoms with Crippen LogP contribution in [0.25, 0.3) is 0 Å². The minimum Gasteiger partial charge on any atom is -0.480 e. The number of nitrogens with one attached hydrogen (secondary N) is 1. The van der Waals surface area contributed by atoms with Gasteiger partial charge in [-0.2, -0.15) is 0 Å². The molecule has 0 radical (unpaired) electrons. The Kier molecular flexibility index (Phi) is 9.48. The third-order valence-electron chi connectivity index (χ3n) is 3.31. The quantitative estimate of drug-likeness (QED) is 0.561. The minimum absolute atomic E-state index is 0. The van der Waals surface area contributed by atoms with Crippen LogP contribution in [0.5, 0.6) is 0 Å². The van der Waals surface area contributed by atoms with Gasteiger partial charge in [0, 0.05) is 6.04 Å². The number of rotatable bonds is 8. The van der Waals surface area contributed by atoms with Crippen LogP contribution in [0.15, 0.2) is 30.3 Å². The molecule has 2 unspecified atom stereocenters. The summed E-state index contributed by atoms with van der Waals surface area (Å²) in [7, 11) is 0.